The molecule has 0 fully saturated rings. The number of aliphatic hydroxyl groups is 1. The van der Waals surface area contributed by atoms with E-state index in [1.165, 1.54) is 16.8 Å². The highest BCUT2D eigenvalue weighted by Gasteiger charge is 2.36. The molecular weight excluding hydrogens is 505 g/mol. The molecule has 0 saturated carbocycles. The van der Waals surface area contributed by atoms with Crippen molar-refractivity contribution in [1.82, 2.24) is 15.1 Å². The number of para-hydroxylation sites is 1. The Labute approximate surface area is 219 Å². The molecule has 3 N–H and O–H groups in total. The van der Waals surface area contributed by atoms with Crippen LogP contribution in [0.25, 0.3) is 5.69 Å². The third-order valence-corrected chi connectivity index (χ3v) is 6.61. The number of carbonyl (C=O) groups is 2. The topological polar surface area (TPSA) is 114 Å². The lowest BCUT2D eigenvalue weighted by Crippen LogP contribution is -2.45. The third-order valence-electron chi connectivity index (χ3n) is 6.05. The van der Waals surface area contributed by atoms with Gasteiger partial charge in [0.15, 0.2) is 5.69 Å². The maximum Gasteiger partial charge on any atom is 0.305 e. The molecule has 2 unspecified atom stereocenters. The van der Waals surface area contributed by atoms with Gasteiger partial charge in [0, 0.05) is 16.1 Å². The number of carbonyl (C=O) groups excluding carboxylic acids is 1. The normalized spacial score (nSPS) is 14.1. The number of ether oxygens (including phenoxy) is 1. The SMILES string of the molecule is CC(C)(C)C(C)(O)COc1cc(C(=O)NC(CC(=O)O)c2ccc(Cl)cc2Cl)nn1-c1ccccc1. The van der Waals surface area contributed by atoms with Gasteiger partial charge in [-0.25, -0.2) is 4.68 Å². The summed E-state index contributed by atoms with van der Waals surface area (Å²) in [4.78, 5) is 24.7. The van der Waals surface area contributed by atoms with Gasteiger partial charge in [-0.05, 0) is 42.2 Å². The summed E-state index contributed by atoms with van der Waals surface area (Å²) in [6, 6.07) is 14.2. The largest absolute Gasteiger partial charge is 0.481 e. The molecule has 2 aromatic carbocycles. The van der Waals surface area contributed by atoms with Crippen LogP contribution in [-0.4, -0.2) is 44.1 Å². The van der Waals surface area contributed by atoms with E-state index in [0.29, 0.717) is 16.3 Å². The van der Waals surface area contributed by atoms with Crippen molar-refractivity contribution < 1.29 is 24.5 Å². The van der Waals surface area contributed by atoms with Gasteiger partial charge in [0.05, 0.1) is 18.2 Å². The number of rotatable bonds is 9. The predicted octanol–water partition coefficient (Wildman–Crippen LogP) is 5.30. The summed E-state index contributed by atoms with van der Waals surface area (Å²) in [6.45, 7) is 7.32. The molecule has 8 nitrogen and oxygen atoms in total. The average molecular weight is 534 g/mol. The summed E-state index contributed by atoms with van der Waals surface area (Å²) in [5.41, 5.74) is -0.572. The van der Waals surface area contributed by atoms with Gasteiger partial charge in [-0.15, -0.1) is 0 Å². The summed E-state index contributed by atoms with van der Waals surface area (Å²) < 4.78 is 7.39. The predicted molar refractivity (Wildman–Crippen MR) is 138 cm³/mol. The fourth-order valence-corrected chi connectivity index (χ4v) is 3.73. The monoisotopic (exact) mass is 533 g/mol. The number of halogens is 2. The van der Waals surface area contributed by atoms with Gasteiger partial charge < -0.3 is 20.3 Å². The highest BCUT2D eigenvalue weighted by Crippen LogP contribution is 2.32. The molecule has 0 spiro atoms. The molecule has 0 aliphatic carbocycles. The van der Waals surface area contributed by atoms with Crippen molar-refractivity contribution in [3.05, 3.63) is 75.9 Å². The van der Waals surface area contributed by atoms with Crippen LogP contribution >= 0.6 is 23.2 Å². The molecular formula is C26H29Cl2N3O5. The number of benzene rings is 2. The van der Waals surface area contributed by atoms with Crippen molar-refractivity contribution in [3.63, 3.8) is 0 Å². The molecule has 3 rings (SSSR count). The van der Waals surface area contributed by atoms with E-state index in [1.54, 1.807) is 31.2 Å². The van der Waals surface area contributed by atoms with Gasteiger partial charge >= 0.3 is 5.97 Å². The van der Waals surface area contributed by atoms with Crippen molar-refractivity contribution in [2.24, 2.45) is 5.41 Å². The molecule has 1 aromatic heterocycles. The van der Waals surface area contributed by atoms with Crippen LogP contribution in [0.1, 0.15) is 56.2 Å². The third kappa shape index (κ3) is 6.57. The zero-order valence-corrected chi connectivity index (χ0v) is 22.0. The second kappa shape index (κ2) is 10.9. The Morgan fingerprint density at radius 2 is 1.75 bits per heavy atom. The smallest absolute Gasteiger partial charge is 0.305 e. The Morgan fingerprint density at radius 3 is 2.33 bits per heavy atom. The lowest BCUT2D eigenvalue weighted by Gasteiger charge is -2.36. The molecule has 0 aliphatic heterocycles. The number of carboxylic acid groups (broad SMARTS) is 1. The summed E-state index contributed by atoms with van der Waals surface area (Å²) in [5, 5.41) is 28.0. The van der Waals surface area contributed by atoms with E-state index in [0.717, 1.165) is 0 Å². The second-order valence-electron chi connectivity index (χ2n) is 9.72. The molecule has 10 heteroatoms. The number of aromatic nitrogens is 2. The molecule has 1 heterocycles. The van der Waals surface area contributed by atoms with Crippen LogP contribution in [0.15, 0.2) is 54.6 Å². The Balaban J connectivity index is 1.93. The Hall–Kier alpha value is -3.07. The number of carboxylic acids is 1. The van der Waals surface area contributed by atoms with Gasteiger partial charge in [-0.1, -0.05) is 68.2 Å². The minimum absolute atomic E-state index is 0.00438. The zero-order chi connectivity index (χ0) is 26.7. The Morgan fingerprint density at radius 1 is 1.08 bits per heavy atom. The van der Waals surface area contributed by atoms with Crippen molar-refractivity contribution >= 4 is 35.1 Å². The van der Waals surface area contributed by atoms with Gasteiger partial charge in [-0.2, -0.15) is 5.10 Å². The molecule has 0 aliphatic rings. The van der Waals surface area contributed by atoms with Gasteiger partial charge in [-0.3, -0.25) is 9.59 Å². The first-order valence-electron chi connectivity index (χ1n) is 11.3. The number of nitrogens with one attached hydrogen (secondary N) is 1. The van der Waals surface area contributed by atoms with Crippen LogP contribution in [-0.2, 0) is 4.79 Å². The summed E-state index contributed by atoms with van der Waals surface area (Å²) in [7, 11) is 0. The Bertz CT molecular complexity index is 1240. The minimum atomic E-state index is -1.17. The minimum Gasteiger partial charge on any atom is -0.481 e. The van der Waals surface area contributed by atoms with Crippen LogP contribution in [0.2, 0.25) is 10.0 Å². The number of aliphatic carboxylic acids is 1. The molecule has 192 valence electrons. The molecule has 1 amide bonds. The van der Waals surface area contributed by atoms with E-state index in [9.17, 15) is 19.8 Å². The lowest BCUT2D eigenvalue weighted by atomic mass is 9.78. The van der Waals surface area contributed by atoms with Gasteiger partial charge in [0.2, 0.25) is 5.88 Å². The van der Waals surface area contributed by atoms with E-state index in [2.05, 4.69) is 10.4 Å². The van der Waals surface area contributed by atoms with Crippen LogP contribution < -0.4 is 10.1 Å². The summed E-state index contributed by atoms with van der Waals surface area (Å²) in [6.07, 6.45) is -0.399. The van der Waals surface area contributed by atoms with Crippen LogP contribution in [0.5, 0.6) is 5.88 Å². The van der Waals surface area contributed by atoms with Crippen LogP contribution in [0.4, 0.5) is 0 Å². The molecule has 3 aromatic rings. The molecule has 2 atom stereocenters. The summed E-state index contributed by atoms with van der Waals surface area (Å²) >= 11 is 12.2. The van der Waals surface area contributed by atoms with E-state index < -0.39 is 35.4 Å². The summed E-state index contributed by atoms with van der Waals surface area (Å²) in [5.74, 6) is -1.49. The molecule has 0 bridgehead atoms. The number of hydrogen-bond acceptors (Lipinski definition) is 5. The quantitative estimate of drug-likeness (QED) is 0.343. The number of hydrogen-bond donors (Lipinski definition) is 3. The maximum atomic E-state index is 13.2. The van der Waals surface area contributed by atoms with Crippen molar-refractivity contribution in [3.8, 4) is 11.6 Å². The van der Waals surface area contributed by atoms with E-state index in [-0.39, 0.29) is 23.2 Å². The second-order valence-corrected chi connectivity index (χ2v) is 10.6. The van der Waals surface area contributed by atoms with Crippen molar-refractivity contribution in [2.45, 2.75) is 45.8 Å². The molecule has 36 heavy (non-hydrogen) atoms. The highest BCUT2D eigenvalue weighted by atomic mass is 35.5. The maximum absolute atomic E-state index is 13.2. The van der Waals surface area contributed by atoms with E-state index in [4.69, 9.17) is 27.9 Å². The Kier molecular flexibility index (Phi) is 8.33. The zero-order valence-electron chi connectivity index (χ0n) is 20.5. The fraction of sp³-hybridized carbons (Fsp3) is 0.346. The first-order chi connectivity index (χ1) is 16.8. The number of nitrogens with zero attached hydrogens (tertiary/aromatic N) is 2. The van der Waals surface area contributed by atoms with E-state index >= 15 is 0 Å². The van der Waals surface area contributed by atoms with Crippen LogP contribution in [0.3, 0.4) is 0 Å². The average Bonchev–Trinajstić information content (AvgIpc) is 3.21. The van der Waals surface area contributed by atoms with Crippen LogP contribution in [0, 0.1) is 5.41 Å². The van der Waals surface area contributed by atoms with Gasteiger partial charge in [0.25, 0.3) is 5.91 Å². The van der Waals surface area contributed by atoms with E-state index in [1.807, 2.05) is 39.0 Å². The van der Waals surface area contributed by atoms with Gasteiger partial charge in [0.1, 0.15) is 12.2 Å². The molecule has 0 radical (unpaired) electrons. The molecule has 0 saturated heterocycles. The van der Waals surface area contributed by atoms with Crippen molar-refractivity contribution in [2.75, 3.05) is 6.61 Å². The lowest BCUT2D eigenvalue weighted by molar-refractivity contribution is -0.137. The standard InChI is InChI=1S/C26H29Cl2N3O5/c1-25(2,3)26(4,35)15-36-22-13-21(30-31(22)17-8-6-5-7-9-17)24(34)29-20(14-23(32)33)18-11-10-16(27)12-19(18)28/h5-13,20,35H,14-15H2,1-4H3,(H,29,34)(H,32,33). The number of amides is 1. The fourth-order valence-electron chi connectivity index (χ4n) is 3.19. The van der Waals surface area contributed by atoms with Crippen molar-refractivity contribution in [1.29, 1.82) is 0 Å². The first-order valence-corrected chi connectivity index (χ1v) is 12.0. The first kappa shape index (κ1) is 27.5. The highest BCUT2D eigenvalue weighted by molar-refractivity contribution is 6.35.